The van der Waals surface area contributed by atoms with Crippen LogP contribution in [0.5, 0.6) is 5.75 Å². The van der Waals surface area contributed by atoms with Crippen LogP contribution in [0.15, 0.2) is 62.9 Å². The van der Waals surface area contributed by atoms with Gasteiger partial charge in [0.15, 0.2) is 0 Å². The van der Waals surface area contributed by atoms with Crippen molar-refractivity contribution < 1.29 is 4.74 Å². The highest BCUT2D eigenvalue weighted by atomic mass is 127. The highest BCUT2D eigenvalue weighted by molar-refractivity contribution is 14.1. The summed E-state index contributed by atoms with van der Waals surface area (Å²) in [6, 6.07) is 14.7. The van der Waals surface area contributed by atoms with Crippen molar-refractivity contribution in [3.63, 3.8) is 0 Å². The van der Waals surface area contributed by atoms with Crippen molar-refractivity contribution in [2.24, 2.45) is 5.10 Å². The van der Waals surface area contributed by atoms with E-state index in [0.29, 0.717) is 33.4 Å². The van der Waals surface area contributed by atoms with Gasteiger partial charge in [-0.05, 0) is 106 Å². The summed E-state index contributed by atoms with van der Waals surface area (Å²) in [4.78, 5) is 17.4. The van der Waals surface area contributed by atoms with Crippen molar-refractivity contribution in [1.29, 1.82) is 0 Å². The van der Waals surface area contributed by atoms with E-state index in [1.165, 1.54) is 4.68 Å². The Balaban J connectivity index is 1.59. The summed E-state index contributed by atoms with van der Waals surface area (Å²) in [7, 11) is 0. The van der Waals surface area contributed by atoms with Crippen LogP contribution in [0, 0.1) is 14.1 Å². The number of aryl methyl sites for hydroxylation is 1. The minimum Gasteiger partial charge on any atom is -0.487 e. The van der Waals surface area contributed by atoms with Crippen LogP contribution in [0.3, 0.4) is 0 Å². The van der Waals surface area contributed by atoms with Gasteiger partial charge in [0, 0.05) is 4.47 Å². The second-order valence-electron chi connectivity index (χ2n) is 7.03. The number of fused-ring (bicyclic) bond motifs is 1. The molecule has 0 fully saturated rings. The molecule has 0 unspecified atom stereocenters. The zero-order valence-corrected chi connectivity index (χ0v) is 24.4. The van der Waals surface area contributed by atoms with Crippen LogP contribution < -0.4 is 10.3 Å². The van der Waals surface area contributed by atoms with Gasteiger partial charge in [-0.1, -0.05) is 45.2 Å². The van der Waals surface area contributed by atoms with E-state index in [4.69, 9.17) is 27.9 Å². The topological polar surface area (TPSA) is 56.5 Å². The molecule has 4 aromatic rings. The lowest BCUT2D eigenvalue weighted by molar-refractivity contribution is 0.302. The molecular formula is C23H14BrCl2I2N3O2. The summed E-state index contributed by atoms with van der Waals surface area (Å²) in [5.41, 5.74) is 2.18. The predicted octanol–water partition coefficient (Wildman–Crippen LogP) is 7.44. The molecule has 0 radical (unpaired) electrons. The Labute approximate surface area is 235 Å². The van der Waals surface area contributed by atoms with Gasteiger partial charge in [0.2, 0.25) is 0 Å². The van der Waals surface area contributed by atoms with E-state index >= 15 is 0 Å². The van der Waals surface area contributed by atoms with Crippen LogP contribution in [0.4, 0.5) is 0 Å². The molecule has 0 aliphatic rings. The number of benzene rings is 3. The van der Waals surface area contributed by atoms with Gasteiger partial charge < -0.3 is 4.74 Å². The molecule has 168 valence electrons. The molecule has 4 rings (SSSR count). The second-order valence-corrected chi connectivity index (χ2v) is 11.1. The molecule has 0 aliphatic carbocycles. The predicted molar refractivity (Wildman–Crippen MR) is 154 cm³/mol. The van der Waals surface area contributed by atoms with Gasteiger partial charge in [-0.3, -0.25) is 4.79 Å². The molecular weight excluding hydrogens is 755 g/mol. The van der Waals surface area contributed by atoms with Gasteiger partial charge in [0.05, 0.1) is 34.3 Å². The Morgan fingerprint density at radius 1 is 1.09 bits per heavy atom. The first-order valence-electron chi connectivity index (χ1n) is 9.52. The van der Waals surface area contributed by atoms with E-state index in [1.807, 2.05) is 30.3 Å². The lowest BCUT2D eigenvalue weighted by Gasteiger charge is -2.12. The maximum Gasteiger partial charge on any atom is 0.282 e. The molecule has 5 nitrogen and oxygen atoms in total. The largest absolute Gasteiger partial charge is 0.487 e. The summed E-state index contributed by atoms with van der Waals surface area (Å²) < 4.78 is 10.00. The number of rotatable bonds is 5. The van der Waals surface area contributed by atoms with E-state index in [0.717, 1.165) is 28.5 Å². The fraction of sp³-hybridized carbons (Fsp3) is 0.0870. The van der Waals surface area contributed by atoms with E-state index in [9.17, 15) is 4.79 Å². The number of halogens is 5. The maximum absolute atomic E-state index is 12.9. The van der Waals surface area contributed by atoms with Crippen molar-refractivity contribution in [2.75, 3.05) is 0 Å². The number of aromatic nitrogens is 2. The summed E-state index contributed by atoms with van der Waals surface area (Å²) in [5.74, 6) is 1.28. The minimum atomic E-state index is -0.221. The number of ether oxygens (including phenoxy) is 1. The fourth-order valence-electron chi connectivity index (χ4n) is 3.10. The molecule has 1 heterocycles. The van der Waals surface area contributed by atoms with E-state index in [1.54, 1.807) is 31.3 Å². The highest BCUT2D eigenvalue weighted by Gasteiger charge is 2.11. The highest BCUT2D eigenvalue weighted by Crippen LogP contribution is 2.30. The molecule has 3 aromatic carbocycles. The third-order valence-electron chi connectivity index (χ3n) is 4.68. The second kappa shape index (κ2) is 10.6. The molecule has 1 aromatic heterocycles. The quantitative estimate of drug-likeness (QED) is 0.157. The van der Waals surface area contributed by atoms with Gasteiger partial charge in [-0.25, -0.2) is 4.98 Å². The zero-order chi connectivity index (χ0) is 23.7. The number of hydrogen-bond acceptors (Lipinski definition) is 4. The Kier molecular flexibility index (Phi) is 7.99. The van der Waals surface area contributed by atoms with Crippen LogP contribution in [0.1, 0.15) is 17.0 Å². The standard InChI is InChI=1S/C23H14BrCl2I2N3O2/c1-12-30-21-5-3-15(24)9-16(21)23(32)31(12)29-10-14-7-19(27)22(20(28)8-14)33-11-13-2-4-17(25)18(26)6-13/h2-10H,11H2,1H3. The SMILES string of the molecule is Cc1nc2ccc(Br)cc2c(=O)n1N=Cc1cc(I)c(OCc2ccc(Cl)c(Cl)c2)c(I)c1. The van der Waals surface area contributed by atoms with Gasteiger partial charge in [-0.15, -0.1) is 0 Å². The van der Waals surface area contributed by atoms with Crippen LogP contribution >= 0.6 is 84.3 Å². The maximum atomic E-state index is 12.9. The third kappa shape index (κ3) is 5.72. The first-order chi connectivity index (χ1) is 15.7. The Morgan fingerprint density at radius 3 is 2.52 bits per heavy atom. The average molecular weight is 769 g/mol. The van der Waals surface area contributed by atoms with E-state index in [2.05, 4.69) is 71.2 Å². The van der Waals surface area contributed by atoms with Crippen LogP contribution in [0.2, 0.25) is 10.0 Å². The molecule has 0 saturated carbocycles. The third-order valence-corrected chi connectivity index (χ3v) is 7.52. The summed E-state index contributed by atoms with van der Waals surface area (Å²) >= 11 is 19.9. The smallest absolute Gasteiger partial charge is 0.282 e. The van der Waals surface area contributed by atoms with Gasteiger partial charge >= 0.3 is 0 Å². The fourth-order valence-corrected chi connectivity index (χ4v) is 5.91. The zero-order valence-electron chi connectivity index (χ0n) is 17.0. The lowest BCUT2D eigenvalue weighted by atomic mass is 10.2. The molecule has 0 saturated heterocycles. The molecule has 0 spiro atoms. The lowest BCUT2D eigenvalue weighted by Crippen LogP contribution is -2.20. The first kappa shape index (κ1) is 24.9. The van der Waals surface area contributed by atoms with Gasteiger partial charge in [-0.2, -0.15) is 9.78 Å². The molecule has 0 N–H and O–H groups in total. The molecule has 0 bridgehead atoms. The average Bonchev–Trinajstić information content (AvgIpc) is 2.76. The van der Waals surface area contributed by atoms with Gasteiger partial charge in [0.25, 0.3) is 5.56 Å². The van der Waals surface area contributed by atoms with E-state index < -0.39 is 0 Å². The molecule has 0 atom stereocenters. The summed E-state index contributed by atoms with van der Waals surface area (Å²) in [5, 5.41) is 5.91. The molecule has 10 heteroatoms. The summed E-state index contributed by atoms with van der Waals surface area (Å²) in [6.07, 6.45) is 1.65. The van der Waals surface area contributed by atoms with Gasteiger partial charge in [0.1, 0.15) is 18.2 Å². The van der Waals surface area contributed by atoms with Crippen LogP contribution in [-0.2, 0) is 6.61 Å². The summed E-state index contributed by atoms with van der Waals surface area (Å²) in [6.45, 7) is 2.12. The monoisotopic (exact) mass is 767 g/mol. The van der Waals surface area contributed by atoms with Crippen molar-refractivity contribution in [1.82, 2.24) is 9.66 Å². The van der Waals surface area contributed by atoms with E-state index in [-0.39, 0.29) is 5.56 Å². The molecule has 0 aliphatic heterocycles. The Hall–Kier alpha value is -1.21. The molecule has 0 amide bonds. The van der Waals surface area contributed by atoms with Crippen LogP contribution in [-0.4, -0.2) is 15.9 Å². The van der Waals surface area contributed by atoms with Crippen molar-refractivity contribution >= 4 is 101 Å². The van der Waals surface area contributed by atoms with Crippen LogP contribution in [0.25, 0.3) is 10.9 Å². The minimum absolute atomic E-state index is 0.221. The first-order valence-corrected chi connectivity index (χ1v) is 13.2. The van der Waals surface area contributed by atoms with Crippen molar-refractivity contribution in [3.05, 3.63) is 97.5 Å². The number of nitrogens with zero attached hydrogens (tertiary/aromatic N) is 3. The normalized spacial score (nSPS) is 11.5. The Morgan fingerprint density at radius 2 is 1.82 bits per heavy atom. The molecule has 33 heavy (non-hydrogen) atoms. The van der Waals surface area contributed by atoms with Crippen molar-refractivity contribution in [3.8, 4) is 5.75 Å². The Bertz CT molecular complexity index is 1450. The van der Waals surface area contributed by atoms with Crippen molar-refractivity contribution in [2.45, 2.75) is 13.5 Å². The number of hydrogen-bond donors (Lipinski definition) is 0.